The zero-order valence-electron chi connectivity index (χ0n) is 16.8. The standard InChI is InChI=1S/C24H31N3O/c1-17-5-2-3-6-21(17)16-27-8-4-7-22(27)15-25-23(28)26-24-12-18-9-19(13-24)11-20(10-18)14-24/h2-8,18-20H,9-16H2,1H3,(H2,25,26,28). The first kappa shape index (κ1) is 17.8. The van der Waals surface area contributed by atoms with Crippen molar-refractivity contribution >= 4 is 6.03 Å². The molecule has 2 amide bonds. The van der Waals surface area contributed by atoms with E-state index in [1.807, 2.05) is 0 Å². The van der Waals surface area contributed by atoms with Crippen molar-refractivity contribution in [3.8, 4) is 0 Å². The van der Waals surface area contributed by atoms with Crippen molar-refractivity contribution in [2.75, 3.05) is 0 Å². The van der Waals surface area contributed by atoms with Gasteiger partial charge in [-0.1, -0.05) is 24.3 Å². The maximum atomic E-state index is 12.7. The van der Waals surface area contributed by atoms with Gasteiger partial charge in [-0.2, -0.15) is 0 Å². The second-order valence-electron chi connectivity index (χ2n) is 9.56. The third kappa shape index (κ3) is 3.45. The highest BCUT2D eigenvalue weighted by atomic mass is 16.2. The molecule has 6 rings (SSSR count). The lowest BCUT2D eigenvalue weighted by Gasteiger charge is -2.56. The molecule has 0 aliphatic heterocycles. The number of carbonyl (C=O) groups is 1. The van der Waals surface area contributed by atoms with Crippen LogP contribution in [0.25, 0.3) is 0 Å². The minimum absolute atomic E-state index is 0.00518. The fraction of sp³-hybridized carbons (Fsp3) is 0.542. The van der Waals surface area contributed by atoms with Gasteiger partial charge in [0.1, 0.15) is 0 Å². The molecule has 4 saturated carbocycles. The fourth-order valence-electron chi connectivity index (χ4n) is 6.45. The summed E-state index contributed by atoms with van der Waals surface area (Å²) in [5.41, 5.74) is 3.83. The molecule has 2 N–H and O–H groups in total. The zero-order chi connectivity index (χ0) is 19.1. The topological polar surface area (TPSA) is 46.1 Å². The van der Waals surface area contributed by atoms with E-state index in [2.05, 4.69) is 64.7 Å². The molecular formula is C24H31N3O. The number of carbonyl (C=O) groups excluding carboxylic acids is 1. The second kappa shape index (κ2) is 6.98. The summed E-state index contributed by atoms with van der Waals surface area (Å²) in [7, 11) is 0. The van der Waals surface area contributed by atoms with Crippen LogP contribution in [0.1, 0.15) is 55.3 Å². The van der Waals surface area contributed by atoms with Crippen LogP contribution in [0, 0.1) is 24.7 Å². The van der Waals surface area contributed by atoms with E-state index >= 15 is 0 Å². The number of hydrogen-bond donors (Lipinski definition) is 2. The van der Waals surface area contributed by atoms with Crippen LogP contribution in [0.15, 0.2) is 42.6 Å². The molecular weight excluding hydrogens is 346 g/mol. The lowest BCUT2D eigenvalue weighted by molar-refractivity contribution is -0.0135. The second-order valence-corrected chi connectivity index (χ2v) is 9.56. The average molecular weight is 378 g/mol. The number of hydrogen-bond acceptors (Lipinski definition) is 1. The Bertz CT molecular complexity index is 833. The largest absolute Gasteiger partial charge is 0.345 e. The number of urea groups is 1. The monoisotopic (exact) mass is 377 g/mol. The van der Waals surface area contributed by atoms with Crippen molar-refractivity contribution in [1.29, 1.82) is 0 Å². The summed E-state index contributed by atoms with van der Waals surface area (Å²) in [5, 5.41) is 6.54. The number of benzene rings is 1. The van der Waals surface area contributed by atoms with Crippen molar-refractivity contribution in [3.05, 3.63) is 59.4 Å². The average Bonchev–Trinajstić information content (AvgIpc) is 3.07. The maximum absolute atomic E-state index is 12.7. The first-order chi connectivity index (χ1) is 13.6. The molecule has 28 heavy (non-hydrogen) atoms. The minimum Gasteiger partial charge on any atom is -0.345 e. The van der Waals surface area contributed by atoms with Crippen molar-refractivity contribution in [3.63, 3.8) is 0 Å². The highest BCUT2D eigenvalue weighted by molar-refractivity contribution is 5.74. The van der Waals surface area contributed by atoms with E-state index in [0.717, 1.165) is 30.0 Å². The Hall–Kier alpha value is -2.23. The number of rotatable bonds is 5. The van der Waals surface area contributed by atoms with Gasteiger partial charge in [-0.3, -0.25) is 0 Å². The van der Waals surface area contributed by atoms with Crippen LogP contribution in [0.2, 0.25) is 0 Å². The number of amides is 2. The Morgan fingerprint density at radius 2 is 1.71 bits per heavy atom. The Morgan fingerprint density at radius 3 is 2.39 bits per heavy atom. The van der Waals surface area contributed by atoms with Crippen LogP contribution in [0.4, 0.5) is 4.79 Å². The van der Waals surface area contributed by atoms with Gasteiger partial charge in [0.25, 0.3) is 0 Å². The molecule has 4 heteroatoms. The van der Waals surface area contributed by atoms with Gasteiger partial charge in [0, 0.05) is 24.0 Å². The summed E-state index contributed by atoms with van der Waals surface area (Å²) >= 11 is 0. The Morgan fingerprint density at radius 1 is 1.04 bits per heavy atom. The van der Waals surface area contributed by atoms with Gasteiger partial charge in [0.2, 0.25) is 0 Å². The molecule has 148 valence electrons. The predicted octanol–water partition coefficient (Wildman–Crippen LogP) is 4.61. The van der Waals surface area contributed by atoms with Gasteiger partial charge in [0.15, 0.2) is 0 Å². The van der Waals surface area contributed by atoms with E-state index in [9.17, 15) is 4.79 Å². The lowest BCUT2D eigenvalue weighted by atomic mass is 9.53. The molecule has 4 fully saturated rings. The highest BCUT2D eigenvalue weighted by Crippen LogP contribution is 2.55. The van der Waals surface area contributed by atoms with Gasteiger partial charge in [-0.15, -0.1) is 0 Å². The third-order valence-corrected chi connectivity index (χ3v) is 7.37. The van der Waals surface area contributed by atoms with Gasteiger partial charge >= 0.3 is 6.03 Å². The summed E-state index contributed by atoms with van der Waals surface area (Å²) in [6, 6.07) is 12.6. The first-order valence-corrected chi connectivity index (χ1v) is 10.8. The Kier molecular flexibility index (Phi) is 4.45. The molecule has 1 aromatic carbocycles. The van der Waals surface area contributed by atoms with Gasteiger partial charge in [-0.05, 0) is 86.5 Å². The van der Waals surface area contributed by atoms with E-state index in [1.54, 1.807) is 0 Å². The summed E-state index contributed by atoms with van der Waals surface area (Å²) in [6.45, 7) is 3.56. The van der Waals surface area contributed by atoms with Crippen LogP contribution in [-0.2, 0) is 13.1 Å². The molecule has 4 nitrogen and oxygen atoms in total. The predicted molar refractivity (Wildman–Crippen MR) is 111 cm³/mol. The minimum atomic E-state index is 0.00518. The molecule has 4 aliphatic rings. The molecule has 0 saturated heterocycles. The summed E-state index contributed by atoms with van der Waals surface area (Å²) in [4.78, 5) is 12.7. The maximum Gasteiger partial charge on any atom is 0.315 e. The summed E-state index contributed by atoms with van der Waals surface area (Å²) < 4.78 is 2.23. The van der Waals surface area contributed by atoms with E-state index in [1.165, 1.54) is 49.7 Å². The van der Waals surface area contributed by atoms with Crippen molar-refractivity contribution in [1.82, 2.24) is 15.2 Å². The lowest BCUT2D eigenvalue weighted by Crippen LogP contribution is -2.61. The van der Waals surface area contributed by atoms with Crippen molar-refractivity contribution < 1.29 is 4.79 Å². The molecule has 1 aromatic heterocycles. The van der Waals surface area contributed by atoms with Crippen LogP contribution in [-0.4, -0.2) is 16.1 Å². The molecule has 0 spiro atoms. The summed E-state index contributed by atoms with van der Waals surface area (Å²) in [6.07, 6.45) is 9.86. The van der Waals surface area contributed by atoms with E-state index in [-0.39, 0.29) is 11.6 Å². The summed E-state index contributed by atoms with van der Waals surface area (Å²) in [5.74, 6) is 2.54. The molecule has 2 aromatic rings. The van der Waals surface area contributed by atoms with Gasteiger partial charge in [0.05, 0.1) is 6.54 Å². The molecule has 0 radical (unpaired) electrons. The first-order valence-electron chi connectivity index (χ1n) is 10.8. The SMILES string of the molecule is Cc1ccccc1Cn1cccc1CNC(=O)NC12CC3CC(CC(C3)C1)C2. The van der Waals surface area contributed by atoms with Crippen molar-refractivity contribution in [2.24, 2.45) is 17.8 Å². The van der Waals surface area contributed by atoms with Gasteiger partial charge in [-0.25, -0.2) is 4.79 Å². The normalized spacial score (nSPS) is 30.4. The van der Waals surface area contributed by atoms with Crippen LogP contribution in [0.3, 0.4) is 0 Å². The number of nitrogens with zero attached hydrogens (tertiary/aromatic N) is 1. The van der Waals surface area contributed by atoms with Crippen LogP contribution >= 0.6 is 0 Å². The van der Waals surface area contributed by atoms with E-state index < -0.39 is 0 Å². The smallest absolute Gasteiger partial charge is 0.315 e. The zero-order valence-corrected chi connectivity index (χ0v) is 16.8. The Balaban J connectivity index is 1.20. The molecule has 4 aliphatic carbocycles. The number of nitrogens with one attached hydrogen (secondary N) is 2. The molecule has 4 bridgehead atoms. The molecule has 1 heterocycles. The number of aryl methyl sites for hydroxylation is 1. The van der Waals surface area contributed by atoms with Crippen LogP contribution in [0.5, 0.6) is 0 Å². The quantitative estimate of drug-likeness (QED) is 0.785. The van der Waals surface area contributed by atoms with E-state index in [4.69, 9.17) is 0 Å². The van der Waals surface area contributed by atoms with Gasteiger partial charge < -0.3 is 15.2 Å². The van der Waals surface area contributed by atoms with E-state index in [0.29, 0.717) is 6.54 Å². The van der Waals surface area contributed by atoms with Crippen molar-refractivity contribution in [2.45, 2.75) is 64.1 Å². The fourth-order valence-corrected chi connectivity index (χ4v) is 6.45. The molecule has 0 atom stereocenters. The highest BCUT2D eigenvalue weighted by Gasteiger charge is 2.51. The van der Waals surface area contributed by atoms with Crippen LogP contribution < -0.4 is 10.6 Å². The molecule has 0 unspecified atom stereocenters. The third-order valence-electron chi connectivity index (χ3n) is 7.37. The number of aromatic nitrogens is 1. The Labute approximate surface area is 167 Å².